The van der Waals surface area contributed by atoms with Crippen LogP contribution in [-0.2, 0) is 27.3 Å². The maximum Gasteiger partial charge on any atom is 0.351 e. The molecule has 4 rings (SSSR count). The van der Waals surface area contributed by atoms with E-state index in [4.69, 9.17) is 14.2 Å². The van der Waals surface area contributed by atoms with Gasteiger partial charge in [-0.15, -0.1) is 0 Å². The van der Waals surface area contributed by atoms with Crippen LogP contribution in [0.2, 0.25) is 0 Å². The van der Waals surface area contributed by atoms with Crippen molar-refractivity contribution >= 4 is 11.9 Å². The van der Waals surface area contributed by atoms with Crippen molar-refractivity contribution in [3.8, 4) is 11.5 Å². The number of ether oxygens (including phenoxy) is 3. The molecule has 1 amide bonds. The second kappa shape index (κ2) is 7.07. The largest absolute Gasteiger partial charge is 0.485 e. The average molecular weight is 353 g/mol. The van der Waals surface area contributed by atoms with Crippen LogP contribution in [-0.4, -0.2) is 42.6 Å². The van der Waals surface area contributed by atoms with Crippen molar-refractivity contribution in [3.63, 3.8) is 0 Å². The first-order valence-electron chi connectivity index (χ1n) is 8.60. The van der Waals surface area contributed by atoms with Gasteiger partial charge in [-0.25, -0.2) is 4.79 Å². The summed E-state index contributed by atoms with van der Waals surface area (Å²) < 4.78 is 16.3. The molecule has 6 nitrogen and oxygen atoms in total. The maximum atomic E-state index is 12.4. The molecule has 2 heterocycles. The van der Waals surface area contributed by atoms with Gasteiger partial charge in [0.15, 0.2) is 18.1 Å². The van der Waals surface area contributed by atoms with Crippen molar-refractivity contribution in [2.45, 2.75) is 19.1 Å². The molecule has 0 saturated carbocycles. The topological polar surface area (TPSA) is 65.1 Å². The molecular formula is C20H19NO5. The lowest BCUT2D eigenvalue weighted by Crippen LogP contribution is -2.42. The van der Waals surface area contributed by atoms with Gasteiger partial charge in [0, 0.05) is 13.1 Å². The summed E-state index contributed by atoms with van der Waals surface area (Å²) in [6, 6.07) is 15.2. The zero-order valence-corrected chi connectivity index (χ0v) is 14.2. The van der Waals surface area contributed by atoms with Gasteiger partial charge < -0.3 is 19.1 Å². The van der Waals surface area contributed by atoms with Gasteiger partial charge in [0.05, 0.1) is 0 Å². The molecule has 0 fully saturated rings. The van der Waals surface area contributed by atoms with E-state index in [0.717, 1.165) is 12.0 Å². The number of hydrogen-bond acceptors (Lipinski definition) is 5. The summed E-state index contributed by atoms with van der Waals surface area (Å²) in [7, 11) is 0. The Balaban J connectivity index is 1.30. The van der Waals surface area contributed by atoms with E-state index in [2.05, 4.69) is 6.07 Å². The molecule has 6 heteroatoms. The number of nitrogens with zero attached hydrogens (tertiary/aromatic N) is 1. The molecule has 0 saturated heterocycles. The predicted octanol–water partition coefficient (Wildman–Crippen LogP) is 1.95. The molecule has 0 spiro atoms. The minimum atomic E-state index is -0.861. The lowest BCUT2D eigenvalue weighted by Gasteiger charge is -2.29. The molecule has 0 unspecified atom stereocenters. The molecule has 1 atom stereocenters. The summed E-state index contributed by atoms with van der Waals surface area (Å²) in [5.74, 6) is 0.300. The number of rotatable bonds is 3. The maximum absolute atomic E-state index is 12.4. The number of carbonyl (C=O) groups is 2. The number of amides is 1. The molecule has 0 aromatic heterocycles. The van der Waals surface area contributed by atoms with Crippen LogP contribution in [0.15, 0.2) is 48.5 Å². The lowest BCUT2D eigenvalue weighted by molar-refractivity contribution is -0.160. The van der Waals surface area contributed by atoms with Gasteiger partial charge >= 0.3 is 5.97 Å². The third kappa shape index (κ3) is 3.35. The van der Waals surface area contributed by atoms with Crippen LogP contribution in [0.3, 0.4) is 0 Å². The van der Waals surface area contributed by atoms with Gasteiger partial charge in [0.25, 0.3) is 5.91 Å². The SMILES string of the molecule is O=C(OCC(=O)N1CCc2ccccc2C1)[C@H]1COc2ccccc2O1. The van der Waals surface area contributed by atoms with Gasteiger partial charge in [-0.05, 0) is 29.7 Å². The molecule has 2 aromatic rings. The van der Waals surface area contributed by atoms with Gasteiger partial charge in [-0.3, -0.25) is 4.79 Å². The molecule has 0 N–H and O–H groups in total. The van der Waals surface area contributed by atoms with Crippen molar-refractivity contribution in [1.29, 1.82) is 0 Å². The van der Waals surface area contributed by atoms with Gasteiger partial charge in [0.2, 0.25) is 6.10 Å². The highest BCUT2D eigenvalue weighted by Crippen LogP contribution is 2.31. The Morgan fingerprint density at radius 3 is 2.62 bits per heavy atom. The van der Waals surface area contributed by atoms with E-state index in [-0.39, 0.29) is 19.1 Å². The van der Waals surface area contributed by atoms with Crippen molar-refractivity contribution in [1.82, 2.24) is 4.90 Å². The molecular weight excluding hydrogens is 334 g/mol. The van der Waals surface area contributed by atoms with Gasteiger partial charge in [-0.1, -0.05) is 36.4 Å². The second-order valence-corrected chi connectivity index (χ2v) is 6.31. The fraction of sp³-hybridized carbons (Fsp3) is 0.300. The zero-order valence-electron chi connectivity index (χ0n) is 14.2. The summed E-state index contributed by atoms with van der Waals surface area (Å²) in [5, 5.41) is 0. The van der Waals surface area contributed by atoms with Crippen molar-refractivity contribution < 1.29 is 23.8 Å². The first-order valence-corrected chi connectivity index (χ1v) is 8.60. The van der Waals surface area contributed by atoms with Crippen LogP contribution in [0.1, 0.15) is 11.1 Å². The standard InChI is InChI=1S/C20H19NO5/c22-19(21-10-9-14-5-1-2-6-15(14)11-21)13-25-20(23)18-12-24-16-7-3-4-8-17(16)26-18/h1-8,18H,9-13H2/t18-/m1/s1. The highest BCUT2D eigenvalue weighted by molar-refractivity contribution is 5.82. The Morgan fingerprint density at radius 2 is 1.77 bits per heavy atom. The average Bonchev–Trinajstić information content (AvgIpc) is 2.71. The normalized spacial score (nSPS) is 18.0. The molecule has 0 radical (unpaired) electrons. The van der Waals surface area contributed by atoms with Crippen molar-refractivity contribution in [2.75, 3.05) is 19.8 Å². The van der Waals surface area contributed by atoms with E-state index in [9.17, 15) is 9.59 Å². The zero-order chi connectivity index (χ0) is 17.9. The van der Waals surface area contributed by atoms with E-state index >= 15 is 0 Å². The predicted molar refractivity (Wildman–Crippen MR) is 92.9 cm³/mol. The third-order valence-corrected chi connectivity index (χ3v) is 4.59. The van der Waals surface area contributed by atoms with Crippen LogP contribution in [0, 0.1) is 0 Å². The van der Waals surface area contributed by atoms with Crippen LogP contribution in [0.5, 0.6) is 11.5 Å². The van der Waals surface area contributed by atoms with E-state index in [0.29, 0.717) is 24.6 Å². The Bertz CT molecular complexity index is 765. The number of para-hydroxylation sites is 2. The second-order valence-electron chi connectivity index (χ2n) is 6.31. The summed E-state index contributed by atoms with van der Waals surface area (Å²) in [4.78, 5) is 26.3. The van der Waals surface area contributed by atoms with Gasteiger partial charge in [0.1, 0.15) is 6.61 Å². The number of carbonyl (C=O) groups excluding carboxylic acids is 2. The smallest absolute Gasteiger partial charge is 0.351 e. The fourth-order valence-corrected chi connectivity index (χ4v) is 3.16. The van der Waals surface area contributed by atoms with E-state index in [1.54, 1.807) is 23.1 Å². The number of benzene rings is 2. The highest BCUT2D eigenvalue weighted by Gasteiger charge is 2.30. The monoisotopic (exact) mass is 353 g/mol. The van der Waals surface area contributed by atoms with Crippen molar-refractivity contribution in [2.24, 2.45) is 0 Å². The minimum Gasteiger partial charge on any atom is -0.485 e. The van der Waals surface area contributed by atoms with Crippen molar-refractivity contribution in [3.05, 3.63) is 59.7 Å². The first kappa shape index (κ1) is 16.4. The molecule has 0 bridgehead atoms. The van der Waals surface area contributed by atoms with E-state index in [1.165, 1.54) is 5.56 Å². The summed E-state index contributed by atoms with van der Waals surface area (Å²) in [6.45, 7) is 0.955. The molecule has 2 aliphatic rings. The number of fused-ring (bicyclic) bond motifs is 2. The molecule has 0 aliphatic carbocycles. The number of hydrogen-bond donors (Lipinski definition) is 0. The quantitative estimate of drug-likeness (QED) is 0.789. The molecule has 2 aromatic carbocycles. The Labute approximate surface area is 151 Å². The summed E-state index contributed by atoms with van der Waals surface area (Å²) in [6.07, 6.45) is -0.0496. The minimum absolute atomic E-state index is 0.0706. The Hall–Kier alpha value is -3.02. The van der Waals surface area contributed by atoms with Crippen LogP contribution in [0.25, 0.3) is 0 Å². The fourth-order valence-electron chi connectivity index (χ4n) is 3.16. The third-order valence-electron chi connectivity index (χ3n) is 4.59. The number of esters is 1. The molecule has 26 heavy (non-hydrogen) atoms. The van der Waals surface area contributed by atoms with E-state index in [1.807, 2.05) is 24.3 Å². The van der Waals surface area contributed by atoms with Crippen LogP contribution < -0.4 is 9.47 Å². The summed E-state index contributed by atoms with van der Waals surface area (Å²) in [5.41, 5.74) is 2.40. The first-order chi connectivity index (χ1) is 12.7. The highest BCUT2D eigenvalue weighted by atomic mass is 16.6. The van der Waals surface area contributed by atoms with E-state index < -0.39 is 12.1 Å². The Morgan fingerprint density at radius 1 is 1.04 bits per heavy atom. The lowest BCUT2D eigenvalue weighted by atomic mass is 10.00. The Kier molecular flexibility index (Phi) is 4.48. The van der Waals surface area contributed by atoms with Crippen LogP contribution >= 0.6 is 0 Å². The van der Waals surface area contributed by atoms with Gasteiger partial charge in [-0.2, -0.15) is 0 Å². The summed E-state index contributed by atoms with van der Waals surface area (Å²) >= 11 is 0. The molecule has 2 aliphatic heterocycles. The van der Waals surface area contributed by atoms with Crippen LogP contribution in [0.4, 0.5) is 0 Å². The molecule has 134 valence electrons.